The van der Waals surface area contributed by atoms with E-state index in [1.165, 1.54) is 5.56 Å². The summed E-state index contributed by atoms with van der Waals surface area (Å²) in [5.74, 6) is 1.65. The van der Waals surface area contributed by atoms with Crippen LogP contribution in [0.4, 0.5) is 4.79 Å². The molecule has 1 aliphatic heterocycles. The molecule has 3 aromatic carbocycles. The quantitative estimate of drug-likeness (QED) is 0.0563. The summed E-state index contributed by atoms with van der Waals surface area (Å²) in [5.41, 5.74) is 2.66. The fraction of sp³-hybridized carbons (Fsp3) is 0.513. The molecule has 1 saturated heterocycles. The minimum Gasteiger partial charge on any atom is -0.494 e. The van der Waals surface area contributed by atoms with Gasteiger partial charge in [0.25, 0.3) is 0 Å². The minimum atomic E-state index is -1.15. The van der Waals surface area contributed by atoms with Crippen molar-refractivity contribution in [2.75, 3.05) is 39.7 Å². The van der Waals surface area contributed by atoms with Crippen molar-refractivity contribution in [2.45, 2.75) is 90.1 Å². The third-order valence-electron chi connectivity index (χ3n) is 7.90. The number of hydroxylamine groups is 2. The van der Waals surface area contributed by atoms with Gasteiger partial charge in [-0.05, 0) is 74.2 Å². The highest BCUT2D eigenvalue weighted by molar-refractivity contribution is 6.76. The Kier molecular flexibility index (Phi) is 15.0. The Morgan fingerprint density at radius 3 is 2.31 bits per heavy atom. The third kappa shape index (κ3) is 14.9. The van der Waals surface area contributed by atoms with Crippen molar-refractivity contribution < 1.29 is 38.1 Å². The predicted molar refractivity (Wildman–Crippen MR) is 194 cm³/mol. The molecule has 0 N–H and O–H groups in total. The monoisotopic (exact) mass is 693 g/mol. The number of carbonyl (C=O) groups is 1. The zero-order valence-electron chi connectivity index (χ0n) is 30.2. The molecule has 1 heterocycles. The Balaban J connectivity index is 1.31. The van der Waals surface area contributed by atoms with Gasteiger partial charge < -0.3 is 33.3 Å². The van der Waals surface area contributed by atoms with Crippen molar-refractivity contribution >= 4 is 14.2 Å². The third-order valence-corrected chi connectivity index (χ3v) is 9.61. The number of benzene rings is 3. The van der Waals surface area contributed by atoms with E-state index >= 15 is 0 Å². The molecule has 0 saturated carbocycles. The molecule has 2 atom stereocenters. The van der Waals surface area contributed by atoms with Crippen LogP contribution < -0.4 is 9.47 Å². The predicted octanol–water partition coefficient (Wildman–Crippen LogP) is 8.60. The average molecular weight is 694 g/mol. The number of ether oxygens (including phenoxy) is 6. The molecule has 0 bridgehead atoms. The maximum Gasteiger partial charge on any atom is 0.528 e. The number of hydrogen-bond acceptors (Lipinski definition) is 9. The lowest BCUT2D eigenvalue weighted by Crippen LogP contribution is -2.45. The van der Waals surface area contributed by atoms with Crippen LogP contribution in [0.1, 0.15) is 56.2 Å². The molecule has 2 unspecified atom stereocenters. The molecule has 0 amide bonds. The van der Waals surface area contributed by atoms with Gasteiger partial charge in [0.15, 0.2) is 6.79 Å². The van der Waals surface area contributed by atoms with Gasteiger partial charge in [-0.3, -0.25) is 0 Å². The minimum absolute atomic E-state index is 0.0955. The number of piperidine rings is 1. The highest BCUT2D eigenvalue weighted by Crippen LogP contribution is 2.33. The van der Waals surface area contributed by atoms with Crippen LogP contribution in [0.3, 0.4) is 0 Å². The van der Waals surface area contributed by atoms with Gasteiger partial charge >= 0.3 is 6.16 Å². The number of nitrogens with zero attached hydrogens (tertiary/aromatic N) is 1. The van der Waals surface area contributed by atoms with Crippen molar-refractivity contribution in [2.24, 2.45) is 0 Å². The lowest BCUT2D eigenvalue weighted by Gasteiger charge is -2.37. The van der Waals surface area contributed by atoms with E-state index in [1.807, 2.05) is 75.4 Å². The molecule has 10 heteroatoms. The smallest absolute Gasteiger partial charge is 0.494 e. The van der Waals surface area contributed by atoms with Crippen LogP contribution in [0.25, 0.3) is 0 Å². The SMILES string of the molecule is CC(C)(C)OC(=O)ON1CCC(c2ccc(OCCCOCc3ccccc3)cc2)C(OCc2cccc(OCOCC[Si](C)(C)C)c2)C1. The van der Waals surface area contributed by atoms with Crippen LogP contribution in [0, 0.1) is 0 Å². The van der Waals surface area contributed by atoms with E-state index in [4.69, 9.17) is 33.3 Å². The van der Waals surface area contributed by atoms with Crippen molar-refractivity contribution in [1.29, 1.82) is 0 Å². The lowest BCUT2D eigenvalue weighted by molar-refractivity contribution is -0.179. The summed E-state index contributed by atoms with van der Waals surface area (Å²) >= 11 is 0. The van der Waals surface area contributed by atoms with Crippen LogP contribution in [0.5, 0.6) is 11.5 Å². The van der Waals surface area contributed by atoms with Gasteiger partial charge in [-0.25, -0.2) is 4.79 Å². The topological polar surface area (TPSA) is 84.9 Å². The molecular weight excluding hydrogens is 639 g/mol. The first-order valence-electron chi connectivity index (χ1n) is 17.3. The van der Waals surface area contributed by atoms with Gasteiger partial charge in [0.1, 0.15) is 17.1 Å². The largest absolute Gasteiger partial charge is 0.528 e. The van der Waals surface area contributed by atoms with Gasteiger partial charge in [0.2, 0.25) is 0 Å². The molecule has 4 rings (SSSR count). The highest BCUT2D eigenvalue weighted by Gasteiger charge is 2.34. The molecule has 49 heavy (non-hydrogen) atoms. The highest BCUT2D eigenvalue weighted by atomic mass is 28.3. The van der Waals surface area contributed by atoms with Crippen LogP contribution in [-0.2, 0) is 37.0 Å². The fourth-order valence-electron chi connectivity index (χ4n) is 5.30. The second-order valence-electron chi connectivity index (χ2n) is 14.6. The normalized spacial score (nSPS) is 17.0. The second kappa shape index (κ2) is 19.1. The van der Waals surface area contributed by atoms with Gasteiger partial charge in [-0.1, -0.05) is 74.2 Å². The van der Waals surface area contributed by atoms with E-state index < -0.39 is 19.8 Å². The molecular formula is C39H55NO8Si. The van der Waals surface area contributed by atoms with Crippen molar-refractivity contribution in [3.8, 4) is 11.5 Å². The number of hydrogen-bond donors (Lipinski definition) is 0. The molecule has 1 aliphatic rings. The Morgan fingerprint density at radius 2 is 1.57 bits per heavy atom. The zero-order chi connectivity index (χ0) is 35.1. The maximum atomic E-state index is 12.5. The first kappa shape index (κ1) is 38.4. The van der Waals surface area contributed by atoms with Crippen LogP contribution in [-0.4, -0.2) is 70.7 Å². The van der Waals surface area contributed by atoms with Gasteiger partial charge in [0, 0.05) is 33.6 Å². The van der Waals surface area contributed by atoms with E-state index in [2.05, 4.69) is 43.9 Å². The molecule has 0 spiro atoms. The lowest BCUT2D eigenvalue weighted by atomic mass is 9.87. The average Bonchev–Trinajstić information content (AvgIpc) is 3.05. The molecule has 0 aliphatic carbocycles. The Morgan fingerprint density at radius 1 is 0.816 bits per heavy atom. The Labute approximate surface area is 293 Å². The Bertz CT molecular complexity index is 1390. The summed E-state index contributed by atoms with van der Waals surface area (Å²) in [7, 11) is -1.15. The number of rotatable bonds is 18. The molecule has 268 valence electrons. The first-order valence-corrected chi connectivity index (χ1v) is 21.1. The number of carbonyl (C=O) groups excluding carboxylic acids is 1. The summed E-state index contributed by atoms with van der Waals surface area (Å²) in [5, 5.41) is 1.64. The van der Waals surface area contributed by atoms with Crippen molar-refractivity contribution in [3.63, 3.8) is 0 Å². The van der Waals surface area contributed by atoms with Gasteiger partial charge in [-0.2, -0.15) is 0 Å². The van der Waals surface area contributed by atoms with E-state index in [0.29, 0.717) is 46.1 Å². The van der Waals surface area contributed by atoms with Crippen molar-refractivity contribution in [1.82, 2.24) is 5.06 Å². The van der Waals surface area contributed by atoms with E-state index in [9.17, 15) is 4.79 Å². The van der Waals surface area contributed by atoms with Gasteiger partial charge in [0.05, 0.1) is 39.1 Å². The molecule has 3 aromatic rings. The van der Waals surface area contributed by atoms with Crippen LogP contribution >= 0.6 is 0 Å². The summed E-state index contributed by atoms with van der Waals surface area (Å²) in [4.78, 5) is 18.0. The summed E-state index contributed by atoms with van der Waals surface area (Å²) in [6.07, 6.45) is 0.593. The first-order chi connectivity index (χ1) is 23.4. The van der Waals surface area contributed by atoms with Crippen LogP contribution in [0.15, 0.2) is 78.9 Å². The molecule has 0 radical (unpaired) electrons. The maximum absolute atomic E-state index is 12.5. The second-order valence-corrected chi connectivity index (χ2v) is 20.2. The molecule has 9 nitrogen and oxygen atoms in total. The molecule has 0 aromatic heterocycles. The van der Waals surface area contributed by atoms with Gasteiger partial charge in [-0.15, -0.1) is 5.06 Å². The summed E-state index contributed by atoms with van der Waals surface area (Å²) < 4.78 is 35.3. The summed E-state index contributed by atoms with van der Waals surface area (Å²) in [6, 6.07) is 27.4. The zero-order valence-corrected chi connectivity index (χ0v) is 31.2. The summed E-state index contributed by atoms with van der Waals surface area (Å²) in [6.45, 7) is 16.5. The van der Waals surface area contributed by atoms with Crippen LogP contribution in [0.2, 0.25) is 25.7 Å². The Hall–Kier alpha value is -3.41. The molecule has 1 fully saturated rings. The fourth-order valence-corrected chi connectivity index (χ4v) is 6.05. The van der Waals surface area contributed by atoms with E-state index in [-0.39, 0.29) is 18.8 Å². The van der Waals surface area contributed by atoms with E-state index in [1.54, 1.807) is 5.06 Å². The van der Waals surface area contributed by atoms with Crippen molar-refractivity contribution in [3.05, 3.63) is 95.6 Å². The standard InChI is InChI=1S/C39H55NO8Si/c1-39(2,3)47-38(41)48-40-21-20-36(33-16-18-34(19-17-33)44-23-11-22-42-28-31-12-8-7-9-13-31)37(27-40)45-29-32-14-10-15-35(26-32)46-30-43-24-25-49(4,5)6/h7-10,12-19,26,36-37H,11,20-25,27-30H2,1-6H3. The van der Waals surface area contributed by atoms with E-state index in [0.717, 1.165) is 41.5 Å².